The van der Waals surface area contributed by atoms with Crippen LogP contribution in [0.2, 0.25) is 0 Å². The summed E-state index contributed by atoms with van der Waals surface area (Å²) in [6.07, 6.45) is 1.45. The Bertz CT molecular complexity index is 612. The maximum atomic E-state index is 12.1. The minimum atomic E-state index is -1.56. The van der Waals surface area contributed by atoms with Crippen molar-refractivity contribution in [1.29, 1.82) is 0 Å². The van der Waals surface area contributed by atoms with Crippen molar-refractivity contribution in [3.63, 3.8) is 0 Å². The van der Waals surface area contributed by atoms with Crippen LogP contribution in [0.5, 0.6) is 0 Å². The zero-order valence-electron chi connectivity index (χ0n) is 9.74. The fraction of sp³-hybridized carbons (Fsp3) is 0.182. The smallest absolute Gasteiger partial charge is 0.267 e. The number of carboxylic acids is 1. The van der Waals surface area contributed by atoms with Gasteiger partial charge in [-0.25, -0.2) is 0 Å². The van der Waals surface area contributed by atoms with Crippen LogP contribution in [0, 0.1) is 0 Å². The Hall–Kier alpha value is -1.16. The Labute approximate surface area is 131 Å². The molecule has 1 atom stereocenters. The number of amides is 1. The first-order chi connectivity index (χ1) is 9.43. The highest BCUT2D eigenvalue weighted by Crippen LogP contribution is 2.34. The lowest BCUT2D eigenvalue weighted by atomic mass is 10.2. The van der Waals surface area contributed by atoms with Gasteiger partial charge in [0.15, 0.2) is 4.67 Å². The Morgan fingerprint density at radius 2 is 2.35 bits per heavy atom. The van der Waals surface area contributed by atoms with Gasteiger partial charge in [0.05, 0.1) is 17.5 Å². The van der Waals surface area contributed by atoms with E-state index >= 15 is 0 Å². The van der Waals surface area contributed by atoms with E-state index < -0.39 is 24.5 Å². The molecule has 106 valence electrons. The van der Waals surface area contributed by atoms with Gasteiger partial charge in [0.1, 0.15) is 16.1 Å². The van der Waals surface area contributed by atoms with Crippen LogP contribution in [-0.4, -0.2) is 38.9 Å². The average Bonchev–Trinajstić information content (AvgIpc) is 2.89. The maximum Gasteiger partial charge on any atom is 0.267 e. The molecule has 1 saturated heterocycles. The number of rotatable bonds is 4. The summed E-state index contributed by atoms with van der Waals surface area (Å²) < 4.78 is 5.79. The quantitative estimate of drug-likeness (QED) is 0.598. The number of carbonyl (C=O) groups is 2. The fourth-order valence-corrected chi connectivity index (χ4v) is 3.20. The number of hydrogen-bond donors (Lipinski definition) is 1. The van der Waals surface area contributed by atoms with E-state index in [9.17, 15) is 14.7 Å². The predicted octanol–water partition coefficient (Wildman–Crippen LogP) is 0.354. The van der Waals surface area contributed by atoms with Crippen molar-refractivity contribution in [2.24, 2.45) is 0 Å². The summed E-state index contributed by atoms with van der Waals surface area (Å²) in [4.78, 5) is 24.1. The lowest BCUT2D eigenvalue weighted by molar-refractivity contribution is -0.311. The summed E-state index contributed by atoms with van der Waals surface area (Å²) in [7, 11) is 0. The van der Waals surface area contributed by atoms with E-state index in [2.05, 4.69) is 15.9 Å². The van der Waals surface area contributed by atoms with Gasteiger partial charge in [-0.3, -0.25) is 9.69 Å². The van der Waals surface area contributed by atoms with E-state index in [-0.39, 0.29) is 9.23 Å². The molecule has 1 amide bonds. The second-order valence-electron chi connectivity index (χ2n) is 3.71. The third-order valence-electron chi connectivity index (χ3n) is 2.45. The molecule has 0 aromatic carbocycles. The van der Waals surface area contributed by atoms with E-state index in [0.29, 0.717) is 10.4 Å². The molecule has 0 spiro atoms. The molecule has 20 heavy (non-hydrogen) atoms. The highest BCUT2D eigenvalue weighted by molar-refractivity contribution is 9.10. The number of aliphatic carboxylic acids is 1. The molecule has 1 N–H and O–H groups in total. The van der Waals surface area contributed by atoms with E-state index in [1.165, 1.54) is 6.08 Å². The lowest BCUT2D eigenvalue weighted by Crippen LogP contribution is -2.51. The minimum absolute atomic E-state index is 0.0510. The van der Waals surface area contributed by atoms with Gasteiger partial charge in [-0.15, -0.1) is 0 Å². The number of aliphatic hydroxyl groups excluding tert-OH is 1. The first kappa shape index (κ1) is 15.2. The van der Waals surface area contributed by atoms with Gasteiger partial charge >= 0.3 is 0 Å². The summed E-state index contributed by atoms with van der Waals surface area (Å²) in [5.41, 5.74) is 0. The summed E-state index contributed by atoms with van der Waals surface area (Å²) in [6, 6.07) is 1.81. The standard InChI is InChI=1S/C11H8BrNO5S2/c12-8-2-1-5(18-8)3-7-9(15)13(11(19)20-7)6(4-14)10(16)17/h1-3,6,14H,4H2,(H,16,17)/p-1/b7-3+/t6-/m0/s1. The average molecular weight is 377 g/mol. The molecule has 1 aliphatic rings. The number of carbonyl (C=O) groups excluding carboxylic acids is 2. The van der Waals surface area contributed by atoms with Gasteiger partial charge in [-0.05, 0) is 28.1 Å². The number of hydrogen-bond acceptors (Lipinski definition) is 7. The Balaban J connectivity index is 2.29. The summed E-state index contributed by atoms with van der Waals surface area (Å²) in [6.45, 7) is -0.769. The van der Waals surface area contributed by atoms with Crippen LogP contribution in [-0.2, 0) is 9.59 Å². The molecular weight excluding hydrogens is 370 g/mol. The summed E-state index contributed by atoms with van der Waals surface area (Å²) in [5.74, 6) is -1.74. The predicted molar refractivity (Wildman–Crippen MR) is 77.3 cm³/mol. The van der Waals surface area contributed by atoms with Gasteiger partial charge in [-0.2, -0.15) is 0 Å². The molecule has 1 aromatic rings. The Kier molecular flexibility index (Phi) is 4.63. The molecule has 1 aliphatic heterocycles. The van der Waals surface area contributed by atoms with E-state index in [1.807, 2.05) is 0 Å². The van der Waals surface area contributed by atoms with Crippen molar-refractivity contribution in [3.05, 3.63) is 27.5 Å². The molecule has 0 aliphatic carbocycles. The first-order valence-electron chi connectivity index (χ1n) is 5.28. The Morgan fingerprint density at radius 3 is 2.85 bits per heavy atom. The first-order valence-corrected chi connectivity index (χ1v) is 7.30. The van der Waals surface area contributed by atoms with Crippen molar-refractivity contribution in [3.8, 4) is 0 Å². The molecule has 2 rings (SSSR count). The summed E-state index contributed by atoms with van der Waals surface area (Å²) in [5, 5.41) is 19.9. The monoisotopic (exact) mass is 376 g/mol. The zero-order chi connectivity index (χ0) is 14.9. The third-order valence-corrected chi connectivity index (χ3v) is 4.20. The second-order valence-corrected chi connectivity index (χ2v) is 6.17. The van der Waals surface area contributed by atoms with Crippen molar-refractivity contribution in [1.82, 2.24) is 4.90 Å². The molecule has 0 bridgehead atoms. The molecule has 1 fully saturated rings. The molecule has 1 aromatic heterocycles. The van der Waals surface area contributed by atoms with Crippen LogP contribution < -0.4 is 5.11 Å². The van der Waals surface area contributed by atoms with Crippen molar-refractivity contribution in [2.75, 3.05) is 6.61 Å². The van der Waals surface area contributed by atoms with Gasteiger partial charge in [-0.1, -0.05) is 24.0 Å². The van der Waals surface area contributed by atoms with E-state index in [1.54, 1.807) is 12.1 Å². The van der Waals surface area contributed by atoms with Crippen molar-refractivity contribution in [2.45, 2.75) is 6.04 Å². The van der Waals surface area contributed by atoms with Gasteiger partial charge in [0.25, 0.3) is 5.91 Å². The lowest BCUT2D eigenvalue weighted by Gasteiger charge is -2.25. The molecular formula is C11H7BrNO5S2-. The molecule has 0 unspecified atom stereocenters. The van der Waals surface area contributed by atoms with Crippen LogP contribution in [0.3, 0.4) is 0 Å². The highest BCUT2D eigenvalue weighted by atomic mass is 79.9. The Morgan fingerprint density at radius 1 is 1.65 bits per heavy atom. The SMILES string of the molecule is O=C([O-])[C@H](CO)N1C(=O)/C(=C\c2ccc(Br)o2)SC1=S. The largest absolute Gasteiger partial charge is 0.548 e. The van der Waals surface area contributed by atoms with Crippen LogP contribution in [0.4, 0.5) is 0 Å². The topological polar surface area (TPSA) is 93.8 Å². The molecule has 6 nitrogen and oxygen atoms in total. The number of carboxylic acid groups (broad SMARTS) is 1. The van der Waals surface area contributed by atoms with E-state index in [4.69, 9.17) is 21.7 Å². The van der Waals surface area contributed by atoms with E-state index in [0.717, 1.165) is 16.7 Å². The fourth-order valence-electron chi connectivity index (χ4n) is 1.55. The molecule has 2 heterocycles. The zero-order valence-corrected chi connectivity index (χ0v) is 13.0. The molecule has 0 saturated carbocycles. The minimum Gasteiger partial charge on any atom is -0.548 e. The second kappa shape index (κ2) is 6.08. The van der Waals surface area contributed by atoms with Crippen LogP contribution in [0.15, 0.2) is 26.1 Å². The van der Waals surface area contributed by atoms with Crippen molar-refractivity contribution >= 4 is 62.2 Å². The van der Waals surface area contributed by atoms with Gasteiger partial charge in [0, 0.05) is 6.08 Å². The number of aliphatic hydroxyl groups is 1. The number of halogens is 1. The van der Waals surface area contributed by atoms with Crippen LogP contribution in [0.1, 0.15) is 5.76 Å². The van der Waals surface area contributed by atoms with Crippen molar-refractivity contribution < 1.29 is 24.2 Å². The normalized spacial score (nSPS) is 18.9. The number of nitrogens with zero attached hydrogens (tertiary/aromatic N) is 1. The number of furan rings is 1. The van der Waals surface area contributed by atoms with Crippen LogP contribution >= 0.6 is 39.9 Å². The maximum absolute atomic E-state index is 12.1. The number of thiocarbonyl (C=S) groups is 1. The number of thioether (sulfide) groups is 1. The third kappa shape index (κ3) is 2.95. The molecule has 9 heteroatoms. The van der Waals surface area contributed by atoms with Gasteiger partial charge < -0.3 is 19.4 Å². The summed E-state index contributed by atoms with van der Waals surface area (Å²) >= 11 is 9.03. The highest BCUT2D eigenvalue weighted by Gasteiger charge is 2.37. The molecule has 0 radical (unpaired) electrons. The van der Waals surface area contributed by atoms with Gasteiger partial charge in [0.2, 0.25) is 0 Å². The van der Waals surface area contributed by atoms with Crippen LogP contribution in [0.25, 0.3) is 6.08 Å².